The van der Waals surface area contributed by atoms with Gasteiger partial charge in [-0.1, -0.05) is 18.2 Å². The van der Waals surface area contributed by atoms with Crippen LogP contribution in [0.5, 0.6) is 0 Å². The van der Waals surface area contributed by atoms with Crippen molar-refractivity contribution in [2.24, 2.45) is 0 Å². The van der Waals surface area contributed by atoms with Crippen LogP contribution in [0.4, 0.5) is 5.69 Å². The molecule has 2 heteroatoms. The molecule has 1 saturated heterocycles. The van der Waals surface area contributed by atoms with Gasteiger partial charge in [0.1, 0.15) is 0 Å². The standard InChI is InChI=1S/C12H15NO/c1-10-6-2-3-7-11(10)13-9-5-4-8-12(13)14/h2-3,6-7H,4-5,8-9H2,1H3. The third kappa shape index (κ3) is 1.65. The molecule has 0 bridgehead atoms. The Morgan fingerprint density at radius 3 is 2.71 bits per heavy atom. The van der Waals surface area contributed by atoms with Crippen LogP contribution in [0.1, 0.15) is 24.8 Å². The third-order valence-corrected chi connectivity index (χ3v) is 2.73. The van der Waals surface area contributed by atoms with E-state index in [-0.39, 0.29) is 5.91 Å². The van der Waals surface area contributed by atoms with Crippen LogP contribution in [-0.2, 0) is 4.79 Å². The Hall–Kier alpha value is -1.31. The number of benzene rings is 1. The van der Waals surface area contributed by atoms with Crippen LogP contribution in [0.2, 0.25) is 0 Å². The van der Waals surface area contributed by atoms with Gasteiger partial charge in [-0.3, -0.25) is 4.79 Å². The van der Waals surface area contributed by atoms with Gasteiger partial charge < -0.3 is 4.90 Å². The molecule has 1 aliphatic rings. The second-order valence-corrected chi connectivity index (χ2v) is 3.79. The number of nitrogens with zero attached hydrogens (tertiary/aromatic N) is 1. The molecule has 74 valence electrons. The van der Waals surface area contributed by atoms with E-state index in [1.807, 2.05) is 23.1 Å². The van der Waals surface area contributed by atoms with Gasteiger partial charge in [0.2, 0.25) is 5.91 Å². The molecule has 1 aromatic carbocycles. The minimum atomic E-state index is 0.269. The smallest absolute Gasteiger partial charge is 0.226 e. The fourth-order valence-electron chi connectivity index (χ4n) is 1.93. The Balaban J connectivity index is 2.29. The van der Waals surface area contributed by atoms with Gasteiger partial charge in [-0.15, -0.1) is 0 Å². The highest BCUT2D eigenvalue weighted by molar-refractivity contribution is 5.94. The Kier molecular flexibility index (Phi) is 2.53. The average molecular weight is 189 g/mol. The molecule has 1 aliphatic heterocycles. The molecule has 0 N–H and O–H groups in total. The molecule has 2 rings (SSSR count). The van der Waals surface area contributed by atoms with Crippen LogP contribution < -0.4 is 4.90 Å². The number of carbonyl (C=O) groups is 1. The first kappa shape index (κ1) is 9.25. The summed E-state index contributed by atoms with van der Waals surface area (Å²) in [6.07, 6.45) is 2.87. The lowest BCUT2D eigenvalue weighted by Gasteiger charge is -2.28. The van der Waals surface area contributed by atoms with Gasteiger partial charge >= 0.3 is 0 Å². The minimum Gasteiger partial charge on any atom is -0.312 e. The molecule has 0 spiro atoms. The zero-order valence-corrected chi connectivity index (χ0v) is 8.49. The van der Waals surface area contributed by atoms with Crippen molar-refractivity contribution in [1.82, 2.24) is 0 Å². The number of aryl methyl sites for hydroxylation is 1. The van der Waals surface area contributed by atoms with Crippen molar-refractivity contribution >= 4 is 11.6 Å². The van der Waals surface area contributed by atoms with Crippen molar-refractivity contribution in [3.63, 3.8) is 0 Å². The molecule has 0 atom stereocenters. The van der Waals surface area contributed by atoms with E-state index in [4.69, 9.17) is 0 Å². The van der Waals surface area contributed by atoms with Gasteiger partial charge in [-0.25, -0.2) is 0 Å². The summed E-state index contributed by atoms with van der Waals surface area (Å²) in [6.45, 7) is 2.93. The molecule has 0 aliphatic carbocycles. The average Bonchev–Trinajstić information content (AvgIpc) is 2.20. The SMILES string of the molecule is Cc1ccccc1N1CCCCC1=O. The Labute approximate surface area is 84.5 Å². The van der Waals surface area contributed by atoms with E-state index in [1.165, 1.54) is 5.56 Å². The van der Waals surface area contributed by atoms with E-state index < -0.39 is 0 Å². The second-order valence-electron chi connectivity index (χ2n) is 3.79. The number of hydrogen-bond donors (Lipinski definition) is 0. The Bertz CT molecular complexity index is 346. The molecule has 0 radical (unpaired) electrons. The van der Waals surface area contributed by atoms with Crippen LogP contribution >= 0.6 is 0 Å². The molecule has 0 aromatic heterocycles. The fraction of sp³-hybridized carbons (Fsp3) is 0.417. The van der Waals surface area contributed by atoms with Gasteiger partial charge in [0, 0.05) is 18.7 Å². The monoisotopic (exact) mass is 189 g/mol. The van der Waals surface area contributed by atoms with Crippen molar-refractivity contribution in [3.8, 4) is 0 Å². The molecule has 1 heterocycles. The first-order valence-electron chi connectivity index (χ1n) is 5.15. The minimum absolute atomic E-state index is 0.269. The Morgan fingerprint density at radius 1 is 1.21 bits per heavy atom. The molecule has 2 nitrogen and oxygen atoms in total. The summed E-state index contributed by atoms with van der Waals surface area (Å²) in [4.78, 5) is 13.6. The second kappa shape index (κ2) is 3.82. The van der Waals surface area contributed by atoms with Crippen LogP contribution in [0.25, 0.3) is 0 Å². The van der Waals surface area contributed by atoms with E-state index in [2.05, 4.69) is 13.0 Å². The van der Waals surface area contributed by atoms with Crippen molar-refractivity contribution in [3.05, 3.63) is 29.8 Å². The van der Waals surface area contributed by atoms with Crippen molar-refractivity contribution in [2.45, 2.75) is 26.2 Å². The van der Waals surface area contributed by atoms with Gasteiger partial charge in [0.05, 0.1) is 0 Å². The third-order valence-electron chi connectivity index (χ3n) is 2.73. The number of hydrogen-bond acceptors (Lipinski definition) is 1. The maximum atomic E-state index is 11.7. The van der Waals surface area contributed by atoms with Crippen LogP contribution in [0.3, 0.4) is 0 Å². The summed E-state index contributed by atoms with van der Waals surface area (Å²) < 4.78 is 0. The maximum absolute atomic E-state index is 11.7. The van der Waals surface area contributed by atoms with Gasteiger partial charge in [-0.2, -0.15) is 0 Å². The lowest BCUT2D eigenvalue weighted by atomic mass is 10.1. The van der Waals surface area contributed by atoms with E-state index in [9.17, 15) is 4.79 Å². The van der Waals surface area contributed by atoms with Crippen LogP contribution in [0.15, 0.2) is 24.3 Å². The molecule has 0 unspecified atom stereocenters. The summed E-state index contributed by atoms with van der Waals surface area (Å²) in [7, 11) is 0. The predicted octanol–water partition coefficient (Wildman–Crippen LogP) is 2.51. The summed E-state index contributed by atoms with van der Waals surface area (Å²) >= 11 is 0. The van der Waals surface area contributed by atoms with E-state index >= 15 is 0 Å². The number of piperidine rings is 1. The highest BCUT2D eigenvalue weighted by atomic mass is 16.2. The summed E-state index contributed by atoms with van der Waals surface area (Å²) in [5.41, 5.74) is 2.26. The van der Waals surface area contributed by atoms with Crippen LogP contribution in [0, 0.1) is 6.92 Å². The molecule has 14 heavy (non-hydrogen) atoms. The molecule has 1 amide bonds. The van der Waals surface area contributed by atoms with Gasteiger partial charge in [0.15, 0.2) is 0 Å². The normalized spacial score (nSPS) is 17.2. The van der Waals surface area contributed by atoms with Crippen LogP contribution in [-0.4, -0.2) is 12.5 Å². The zero-order valence-electron chi connectivity index (χ0n) is 8.49. The first-order valence-corrected chi connectivity index (χ1v) is 5.15. The number of anilines is 1. The quantitative estimate of drug-likeness (QED) is 0.664. The van der Waals surface area contributed by atoms with E-state index in [0.29, 0.717) is 6.42 Å². The van der Waals surface area contributed by atoms with Crippen molar-refractivity contribution < 1.29 is 4.79 Å². The highest BCUT2D eigenvalue weighted by Gasteiger charge is 2.20. The highest BCUT2D eigenvalue weighted by Crippen LogP contribution is 2.23. The fourth-order valence-corrected chi connectivity index (χ4v) is 1.93. The number of carbonyl (C=O) groups excluding carboxylic acids is 1. The molecule has 1 aromatic rings. The van der Waals surface area contributed by atoms with E-state index in [1.54, 1.807) is 0 Å². The largest absolute Gasteiger partial charge is 0.312 e. The molecule has 1 fully saturated rings. The summed E-state index contributed by atoms with van der Waals surface area (Å²) in [6, 6.07) is 8.08. The number of para-hydroxylation sites is 1. The van der Waals surface area contributed by atoms with Crippen molar-refractivity contribution in [2.75, 3.05) is 11.4 Å². The van der Waals surface area contributed by atoms with Gasteiger partial charge in [0.25, 0.3) is 0 Å². The predicted molar refractivity (Wildman–Crippen MR) is 57.4 cm³/mol. The van der Waals surface area contributed by atoms with Gasteiger partial charge in [-0.05, 0) is 31.4 Å². The molecular formula is C12H15NO. The lowest BCUT2D eigenvalue weighted by molar-refractivity contribution is -0.119. The van der Waals surface area contributed by atoms with E-state index in [0.717, 1.165) is 25.1 Å². The Morgan fingerprint density at radius 2 is 2.00 bits per heavy atom. The molecule has 0 saturated carbocycles. The topological polar surface area (TPSA) is 20.3 Å². The summed E-state index contributed by atoms with van der Waals surface area (Å²) in [5.74, 6) is 0.269. The number of amides is 1. The zero-order chi connectivity index (χ0) is 9.97. The first-order chi connectivity index (χ1) is 6.79. The lowest BCUT2D eigenvalue weighted by Crippen LogP contribution is -2.35. The maximum Gasteiger partial charge on any atom is 0.226 e. The number of rotatable bonds is 1. The van der Waals surface area contributed by atoms with Crippen molar-refractivity contribution in [1.29, 1.82) is 0 Å². The summed E-state index contributed by atoms with van der Waals surface area (Å²) in [5, 5.41) is 0. The molecular weight excluding hydrogens is 174 g/mol.